The summed E-state index contributed by atoms with van der Waals surface area (Å²) in [6, 6.07) is 7.22. The molecule has 0 atom stereocenters. The second-order valence-corrected chi connectivity index (χ2v) is 7.83. The second-order valence-electron chi connectivity index (χ2n) is 7.83. The number of benzene rings is 1. The highest BCUT2D eigenvalue weighted by molar-refractivity contribution is 5.94. The lowest BCUT2D eigenvalue weighted by Crippen LogP contribution is -2.42. The number of hydrogen-bond donors (Lipinski definition) is 1. The monoisotopic (exact) mass is 385 g/mol. The average molecular weight is 385 g/mol. The van der Waals surface area contributed by atoms with E-state index in [1.165, 1.54) is 0 Å². The van der Waals surface area contributed by atoms with Gasteiger partial charge in [-0.2, -0.15) is 0 Å². The van der Waals surface area contributed by atoms with Gasteiger partial charge in [-0.15, -0.1) is 0 Å². The fraction of sp³-hybridized carbons (Fsp3) is 0.571. The van der Waals surface area contributed by atoms with Gasteiger partial charge in [-0.05, 0) is 37.1 Å². The van der Waals surface area contributed by atoms with E-state index in [1.807, 2.05) is 17.0 Å². The Bertz CT molecular complexity index is 737. The molecule has 0 bridgehead atoms. The highest BCUT2D eigenvalue weighted by Gasteiger charge is 2.35. The summed E-state index contributed by atoms with van der Waals surface area (Å²) in [7, 11) is 0. The highest BCUT2D eigenvalue weighted by atomic mass is 16.5. The lowest BCUT2D eigenvalue weighted by molar-refractivity contribution is -0.134. The average Bonchev–Trinajstić information content (AvgIpc) is 3.56. The normalized spacial score (nSPS) is 21.1. The van der Waals surface area contributed by atoms with Crippen LogP contribution >= 0.6 is 0 Å². The van der Waals surface area contributed by atoms with Crippen LogP contribution in [0, 0.1) is 5.92 Å². The summed E-state index contributed by atoms with van der Waals surface area (Å²) < 4.78 is 6.06. The van der Waals surface area contributed by atoms with Crippen molar-refractivity contribution < 1.29 is 19.1 Å². The topological polar surface area (TPSA) is 79.0 Å². The van der Waals surface area contributed by atoms with E-state index in [1.54, 1.807) is 17.0 Å². The zero-order valence-corrected chi connectivity index (χ0v) is 16.1. The van der Waals surface area contributed by atoms with E-state index in [9.17, 15) is 14.4 Å². The van der Waals surface area contributed by atoms with Gasteiger partial charge in [-0.3, -0.25) is 14.4 Å². The van der Waals surface area contributed by atoms with Gasteiger partial charge in [0, 0.05) is 63.5 Å². The van der Waals surface area contributed by atoms with E-state index in [0.717, 1.165) is 44.5 Å². The molecule has 4 rings (SSSR count). The zero-order valence-electron chi connectivity index (χ0n) is 16.1. The minimum Gasteiger partial charge on any atom is -0.490 e. The molecule has 1 aliphatic carbocycles. The molecule has 0 spiro atoms. The Kier molecular flexibility index (Phi) is 5.50. The van der Waals surface area contributed by atoms with Crippen LogP contribution in [-0.2, 0) is 9.59 Å². The molecule has 0 radical (unpaired) electrons. The van der Waals surface area contributed by atoms with Crippen molar-refractivity contribution in [1.82, 2.24) is 15.1 Å². The molecule has 0 unspecified atom stereocenters. The van der Waals surface area contributed by atoms with Crippen molar-refractivity contribution in [1.29, 1.82) is 0 Å². The molecular formula is C21H27N3O4. The molecular weight excluding hydrogens is 358 g/mol. The molecule has 1 N–H and O–H groups in total. The summed E-state index contributed by atoms with van der Waals surface area (Å²) in [4.78, 5) is 39.9. The van der Waals surface area contributed by atoms with Crippen molar-refractivity contribution in [2.75, 3.05) is 32.7 Å². The van der Waals surface area contributed by atoms with E-state index in [2.05, 4.69) is 5.32 Å². The Morgan fingerprint density at radius 3 is 2.32 bits per heavy atom. The Balaban J connectivity index is 1.28. The van der Waals surface area contributed by atoms with Crippen molar-refractivity contribution in [3.05, 3.63) is 29.8 Å². The summed E-state index contributed by atoms with van der Waals surface area (Å²) in [5.74, 6) is 1.27. The van der Waals surface area contributed by atoms with Gasteiger partial charge in [0.2, 0.25) is 11.8 Å². The number of rotatable bonds is 4. The number of piperidine rings is 1. The number of nitrogens with one attached hydrogen (secondary N) is 1. The molecule has 150 valence electrons. The Hall–Kier alpha value is -2.57. The van der Waals surface area contributed by atoms with Gasteiger partial charge in [0.1, 0.15) is 11.9 Å². The van der Waals surface area contributed by atoms with E-state index >= 15 is 0 Å². The van der Waals surface area contributed by atoms with Gasteiger partial charge < -0.3 is 19.9 Å². The number of carbonyl (C=O) groups is 3. The summed E-state index contributed by atoms with van der Waals surface area (Å²) in [6.45, 7) is 2.99. The van der Waals surface area contributed by atoms with E-state index in [-0.39, 0.29) is 23.8 Å². The molecule has 3 amide bonds. The lowest BCUT2D eigenvalue weighted by atomic mass is 10.1. The molecule has 2 saturated heterocycles. The molecule has 7 nitrogen and oxygen atoms in total. The van der Waals surface area contributed by atoms with Gasteiger partial charge in [-0.25, -0.2) is 0 Å². The molecule has 3 aliphatic rings. The van der Waals surface area contributed by atoms with Crippen LogP contribution in [0.5, 0.6) is 5.75 Å². The third-order valence-electron chi connectivity index (χ3n) is 5.68. The first-order valence-electron chi connectivity index (χ1n) is 10.2. The second kappa shape index (κ2) is 8.20. The van der Waals surface area contributed by atoms with E-state index in [0.29, 0.717) is 37.5 Å². The zero-order chi connectivity index (χ0) is 19.5. The number of carbonyl (C=O) groups excluding carboxylic acids is 3. The van der Waals surface area contributed by atoms with Gasteiger partial charge >= 0.3 is 0 Å². The van der Waals surface area contributed by atoms with Crippen LogP contribution in [0.2, 0.25) is 0 Å². The maximum absolute atomic E-state index is 12.6. The van der Waals surface area contributed by atoms with Gasteiger partial charge in [-0.1, -0.05) is 0 Å². The van der Waals surface area contributed by atoms with E-state index < -0.39 is 0 Å². The fourth-order valence-corrected chi connectivity index (χ4v) is 3.80. The molecule has 1 aromatic rings. The molecule has 28 heavy (non-hydrogen) atoms. The highest BCUT2D eigenvalue weighted by Crippen LogP contribution is 2.32. The van der Waals surface area contributed by atoms with Crippen LogP contribution < -0.4 is 10.1 Å². The number of nitrogens with zero attached hydrogens (tertiary/aromatic N) is 2. The van der Waals surface area contributed by atoms with Crippen molar-refractivity contribution in [3.8, 4) is 5.75 Å². The first-order valence-corrected chi connectivity index (χ1v) is 10.2. The first-order chi connectivity index (χ1) is 13.6. The van der Waals surface area contributed by atoms with Crippen LogP contribution in [0.4, 0.5) is 0 Å². The maximum Gasteiger partial charge on any atom is 0.253 e. The maximum atomic E-state index is 12.6. The Labute approximate surface area is 165 Å². The van der Waals surface area contributed by atoms with Crippen LogP contribution in [0.15, 0.2) is 24.3 Å². The van der Waals surface area contributed by atoms with Crippen LogP contribution in [0.1, 0.15) is 42.5 Å². The molecule has 0 aromatic heterocycles. The largest absolute Gasteiger partial charge is 0.490 e. The predicted octanol–water partition coefficient (Wildman–Crippen LogP) is 1.43. The Morgan fingerprint density at radius 1 is 0.929 bits per heavy atom. The molecule has 3 fully saturated rings. The molecule has 7 heteroatoms. The Morgan fingerprint density at radius 2 is 1.64 bits per heavy atom. The number of likely N-dealkylation sites (tertiary alicyclic amines) is 1. The fourth-order valence-electron chi connectivity index (χ4n) is 3.80. The predicted molar refractivity (Wildman–Crippen MR) is 103 cm³/mol. The van der Waals surface area contributed by atoms with Crippen molar-refractivity contribution >= 4 is 17.7 Å². The number of amides is 3. The smallest absolute Gasteiger partial charge is 0.253 e. The van der Waals surface area contributed by atoms with Crippen molar-refractivity contribution in [2.24, 2.45) is 5.92 Å². The van der Waals surface area contributed by atoms with Gasteiger partial charge in [0.05, 0.1) is 0 Å². The van der Waals surface area contributed by atoms with Crippen LogP contribution in [0.25, 0.3) is 0 Å². The van der Waals surface area contributed by atoms with Gasteiger partial charge in [0.25, 0.3) is 5.91 Å². The molecule has 1 saturated carbocycles. The van der Waals surface area contributed by atoms with E-state index in [4.69, 9.17) is 4.74 Å². The minimum atomic E-state index is -0.0602. The van der Waals surface area contributed by atoms with Crippen molar-refractivity contribution in [2.45, 2.75) is 38.2 Å². The summed E-state index contributed by atoms with van der Waals surface area (Å²) in [5, 5.41) is 2.78. The lowest BCUT2D eigenvalue weighted by Gasteiger charge is -2.32. The SMILES string of the molecule is O=C1CCN(C(=O)c2ccc(OC3CCN(C(=O)C4CC4)CC3)cc2)CCN1. The van der Waals surface area contributed by atoms with Gasteiger partial charge in [0.15, 0.2) is 0 Å². The molecule has 2 heterocycles. The summed E-state index contributed by atoms with van der Waals surface area (Å²) in [5.41, 5.74) is 0.603. The molecule has 2 aliphatic heterocycles. The first kappa shape index (κ1) is 18.8. The standard InChI is InChI=1S/C21H27N3O4/c25-19-9-13-24(14-10-22-19)21(27)16-3-5-17(6-4-16)28-18-7-11-23(12-8-18)20(26)15-1-2-15/h3-6,15,18H,1-2,7-14H2,(H,22,25). The minimum absolute atomic E-state index is 0.0103. The quantitative estimate of drug-likeness (QED) is 0.850. The number of ether oxygens (including phenoxy) is 1. The van der Waals surface area contributed by atoms with Crippen molar-refractivity contribution in [3.63, 3.8) is 0 Å². The summed E-state index contributed by atoms with van der Waals surface area (Å²) >= 11 is 0. The third kappa shape index (κ3) is 4.46. The number of hydrogen-bond acceptors (Lipinski definition) is 4. The van der Waals surface area contributed by atoms with Crippen LogP contribution in [0.3, 0.4) is 0 Å². The van der Waals surface area contributed by atoms with Crippen LogP contribution in [-0.4, -0.2) is 66.3 Å². The molecule has 1 aromatic carbocycles. The summed E-state index contributed by atoms with van der Waals surface area (Å²) in [6.07, 6.45) is 4.22. The third-order valence-corrected chi connectivity index (χ3v) is 5.68.